The van der Waals surface area contributed by atoms with Gasteiger partial charge in [0.2, 0.25) is 0 Å². The van der Waals surface area contributed by atoms with Crippen molar-refractivity contribution in [2.75, 3.05) is 0 Å². The van der Waals surface area contributed by atoms with Crippen LogP contribution in [0, 0.1) is 13.8 Å². The lowest BCUT2D eigenvalue weighted by atomic mass is 10.0. The van der Waals surface area contributed by atoms with Gasteiger partial charge in [0.25, 0.3) is 0 Å². The monoisotopic (exact) mass is 164 g/mol. The smallest absolute Gasteiger partial charge is 0.0404 e. The molecule has 0 amide bonds. The number of aromatic nitrogens is 1. The van der Waals surface area contributed by atoms with E-state index >= 15 is 0 Å². The molecule has 0 fully saturated rings. The van der Waals surface area contributed by atoms with Gasteiger partial charge in [-0.2, -0.15) is 0 Å². The molecule has 0 aliphatic carbocycles. The number of hydrogen-bond acceptors (Lipinski definition) is 2. The highest BCUT2D eigenvalue weighted by Gasteiger charge is 2.05. The highest BCUT2D eigenvalue weighted by atomic mass is 14.7. The second-order valence-corrected chi connectivity index (χ2v) is 3.03. The second kappa shape index (κ2) is 3.68. The van der Waals surface area contributed by atoms with E-state index in [4.69, 9.17) is 5.73 Å². The van der Waals surface area contributed by atoms with Gasteiger partial charge in [0.1, 0.15) is 0 Å². The molecule has 2 nitrogen and oxygen atoms in total. The Bertz CT molecular complexity index is 279. The van der Waals surface area contributed by atoms with Crippen molar-refractivity contribution < 1.29 is 0 Å². The molecule has 0 spiro atoms. The summed E-state index contributed by atoms with van der Waals surface area (Å²) in [4.78, 5) is 4.28. The van der Waals surface area contributed by atoms with Crippen LogP contribution < -0.4 is 5.73 Å². The Balaban J connectivity index is 3.25. The van der Waals surface area contributed by atoms with Crippen LogP contribution in [0.4, 0.5) is 0 Å². The summed E-state index contributed by atoms with van der Waals surface area (Å²) < 4.78 is 0. The van der Waals surface area contributed by atoms with Crippen molar-refractivity contribution in [2.24, 2.45) is 5.73 Å². The van der Waals surface area contributed by atoms with Gasteiger partial charge in [0.05, 0.1) is 0 Å². The highest BCUT2D eigenvalue weighted by Crippen LogP contribution is 2.15. The van der Waals surface area contributed by atoms with Crippen LogP contribution in [0.5, 0.6) is 0 Å². The summed E-state index contributed by atoms with van der Waals surface area (Å²) in [6.45, 7) is 6.90. The van der Waals surface area contributed by atoms with Crippen molar-refractivity contribution >= 4 is 0 Å². The van der Waals surface area contributed by atoms with E-state index < -0.39 is 0 Å². The molecule has 0 saturated heterocycles. The van der Waals surface area contributed by atoms with Crippen molar-refractivity contribution in [1.29, 1.82) is 0 Å². The predicted octanol–water partition coefficient (Wildman–Crippen LogP) is 1.72. The first-order chi connectivity index (χ1) is 5.70. The third-order valence-corrected chi connectivity index (χ3v) is 2.37. The molecule has 0 aromatic carbocycles. The topological polar surface area (TPSA) is 38.9 Å². The van der Waals surface area contributed by atoms with Gasteiger partial charge in [-0.3, -0.25) is 4.98 Å². The molecule has 66 valence electrons. The number of nitrogens with zero attached hydrogens (tertiary/aromatic N) is 1. The second-order valence-electron chi connectivity index (χ2n) is 3.03. The van der Waals surface area contributed by atoms with E-state index in [1.807, 2.05) is 13.1 Å². The Morgan fingerprint density at radius 3 is 2.58 bits per heavy atom. The molecule has 0 radical (unpaired) electrons. The molecular weight excluding hydrogens is 148 g/mol. The maximum absolute atomic E-state index is 5.61. The molecule has 12 heavy (non-hydrogen) atoms. The van der Waals surface area contributed by atoms with Crippen LogP contribution >= 0.6 is 0 Å². The van der Waals surface area contributed by atoms with Crippen LogP contribution in [0.2, 0.25) is 0 Å². The highest BCUT2D eigenvalue weighted by molar-refractivity contribution is 5.34. The van der Waals surface area contributed by atoms with Gasteiger partial charge in [-0.1, -0.05) is 6.92 Å². The van der Waals surface area contributed by atoms with E-state index in [0.717, 1.165) is 12.1 Å². The zero-order valence-corrected chi connectivity index (χ0v) is 8.02. The fourth-order valence-electron chi connectivity index (χ4n) is 1.48. The van der Waals surface area contributed by atoms with Gasteiger partial charge in [0, 0.05) is 18.4 Å². The minimum atomic E-state index is 0.595. The summed E-state index contributed by atoms with van der Waals surface area (Å²) in [6, 6.07) is 0. The average Bonchev–Trinajstić information content (AvgIpc) is 2.09. The molecule has 1 heterocycles. The van der Waals surface area contributed by atoms with E-state index in [2.05, 4.69) is 18.8 Å². The molecule has 1 aromatic heterocycles. The van der Waals surface area contributed by atoms with Gasteiger partial charge >= 0.3 is 0 Å². The van der Waals surface area contributed by atoms with Crippen LogP contribution in [0.25, 0.3) is 0 Å². The number of rotatable bonds is 2. The SMILES string of the molecule is CCc1c(CN)cnc(C)c1C. The van der Waals surface area contributed by atoms with Crippen LogP contribution in [0.15, 0.2) is 6.20 Å². The fourth-order valence-corrected chi connectivity index (χ4v) is 1.48. The van der Waals surface area contributed by atoms with Gasteiger partial charge in [-0.05, 0) is 37.0 Å². The van der Waals surface area contributed by atoms with Crippen molar-refractivity contribution in [3.05, 3.63) is 28.6 Å². The zero-order chi connectivity index (χ0) is 9.14. The lowest BCUT2D eigenvalue weighted by Crippen LogP contribution is -2.05. The number of hydrogen-bond donors (Lipinski definition) is 1. The van der Waals surface area contributed by atoms with Gasteiger partial charge < -0.3 is 5.73 Å². The predicted molar refractivity (Wildman–Crippen MR) is 51.0 cm³/mol. The summed E-state index contributed by atoms with van der Waals surface area (Å²) in [5.41, 5.74) is 10.6. The van der Waals surface area contributed by atoms with Crippen LogP contribution in [-0.4, -0.2) is 4.98 Å². The van der Waals surface area contributed by atoms with Gasteiger partial charge in [-0.15, -0.1) is 0 Å². The number of aryl methyl sites for hydroxylation is 1. The largest absolute Gasteiger partial charge is 0.326 e. The molecule has 0 unspecified atom stereocenters. The third kappa shape index (κ3) is 1.48. The number of pyridine rings is 1. The molecule has 1 rings (SSSR count). The van der Waals surface area contributed by atoms with Crippen molar-refractivity contribution in [3.63, 3.8) is 0 Å². The zero-order valence-electron chi connectivity index (χ0n) is 8.02. The number of nitrogens with two attached hydrogens (primary N) is 1. The van der Waals surface area contributed by atoms with Crippen molar-refractivity contribution in [1.82, 2.24) is 4.98 Å². The standard InChI is InChI=1S/C10H16N2/c1-4-10-7(2)8(3)12-6-9(10)5-11/h6H,4-5,11H2,1-3H3. The van der Waals surface area contributed by atoms with Crippen molar-refractivity contribution in [3.8, 4) is 0 Å². The van der Waals surface area contributed by atoms with Crippen LogP contribution in [0.3, 0.4) is 0 Å². The summed E-state index contributed by atoms with van der Waals surface area (Å²) in [6.07, 6.45) is 2.93. The van der Waals surface area contributed by atoms with E-state index in [1.165, 1.54) is 16.7 Å². The lowest BCUT2D eigenvalue weighted by molar-refractivity contribution is 0.948. The first-order valence-electron chi connectivity index (χ1n) is 4.34. The minimum absolute atomic E-state index is 0.595. The Morgan fingerprint density at radius 1 is 1.42 bits per heavy atom. The summed E-state index contributed by atoms with van der Waals surface area (Å²) >= 11 is 0. The van der Waals surface area contributed by atoms with Gasteiger partial charge in [-0.25, -0.2) is 0 Å². The Hall–Kier alpha value is -0.890. The molecule has 1 aromatic rings. The Morgan fingerprint density at radius 2 is 2.08 bits per heavy atom. The summed E-state index contributed by atoms with van der Waals surface area (Å²) in [5, 5.41) is 0. The Kier molecular flexibility index (Phi) is 2.82. The summed E-state index contributed by atoms with van der Waals surface area (Å²) in [7, 11) is 0. The average molecular weight is 164 g/mol. The molecule has 2 N–H and O–H groups in total. The normalized spacial score (nSPS) is 10.3. The molecule has 0 atom stereocenters. The van der Waals surface area contributed by atoms with Crippen LogP contribution in [-0.2, 0) is 13.0 Å². The Labute approximate surface area is 73.8 Å². The lowest BCUT2D eigenvalue weighted by Gasteiger charge is -2.10. The molecule has 0 aliphatic heterocycles. The minimum Gasteiger partial charge on any atom is -0.326 e. The van der Waals surface area contributed by atoms with Crippen LogP contribution in [0.1, 0.15) is 29.3 Å². The maximum Gasteiger partial charge on any atom is 0.0404 e. The first-order valence-corrected chi connectivity index (χ1v) is 4.34. The first kappa shape index (κ1) is 9.20. The molecule has 2 heteroatoms. The molecule has 0 aliphatic rings. The van der Waals surface area contributed by atoms with E-state index in [0.29, 0.717) is 6.54 Å². The molecule has 0 saturated carbocycles. The molecular formula is C10H16N2. The third-order valence-electron chi connectivity index (χ3n) is 2.37. The van der Waals surface area contributed by atoms with Gasteiger partial charge in [0.15, 0.2) is 0 Å². The fraction of sp³-hybridized carbons (Fsp3) is 0.500. The maximum atomic E-state index is 5.61. The van der Waals surface area contributed by atoms with E-state index in [-0.39, 0.29) is 0 Å². The van der Waals surface area contributed by atoms with E-state index in [9.17, 15) is 0 Å². The summed E-state index contributed by atoms with van der Waals surface area (Å²) in [5.74, 6) is 0. The quantitative estimate of drug-likeness (QED) is 0.722. The van der Waals surface area contributed by atoms with Crippen molar-refractivity contribution in [2.45, 2.75) is 33.7 Å². The molecule has 0 bridgehead atoms. The van der Waals surface area contributed by atoms with E-state index in [1.54, 1.807) is 0 Å².